The zero-order chi connectivity index (χ0) is 13.7. The molecule has 0 bridgehead atoms. The number of hydrogen-bond donors (Lipinski definition) is 1. The van der Waals surface area contributed by atoms with Crippen LogP contribution in [0.5, 0.6) is 5.75 Å². The lowest BCUT2D eigenvalue weighted by atomic mass is 9.86. The number of hydrogen-bond acceptors (Lipinski definition) is 3. The molecule has 2 N–H and O–H groups in total. The summed E-state index contributed by atoms with van der Waals surface area (Å²) in [5, 5.41) is 0. The zero-order valence-corrected chi connectivity index (χ0v) is 12.2. The Bertz CT molecular complexity index is 399. The summed E-state index contributed by atoms with van der Waals surface area (Å²) in [6, 6.07) is 8.25. The van der Waals surface area contributed by atoms with Gasteiger partial charge in [-0.15, -0.1) is 0 Å². The molecule has 0 radical (unpaired) electrons. The average Bonchev–Trinajstić information content (AvgIpc) is 2.88. The van der Waals surface area contributed by atoms with Crippen molar-refractivity contribution in [1.82, 2.24) is 4.90 Å². The Kier molecular flexibility index (Phi) is 4.83. The van der Waals surface area contributed by atoms with Crippen LogP contribution in [0, 0.1) is 5.41 Å². The summed E-state index contributed by atoms with van der Waals surface area (Å²) in [6.07, 6.45) is 5.22. The van der Waals surface area contributed by atoms with Crippen LogP contribution in [0.25, 0.3) is 0 Å². The van der Waals surface area contributed by atoms with Crippen molar-refractivity contribution in [3.05, 3.63) is 29.8 Å². The molecule has 0 heterocycles. The van der Waals surface area contributed by atoms with Gasteiger partial charge in [-0.1, -0.05) is 31.0 Å². The van der Waals surface area contributed by atoms with Gasteiger partial charge in [-0.3, -0.25) is 0 Å². The van der Waals surface area contributed by atoms with Gasteiger partial charge in [0.05, 0.1) is 7.11 Å². The molecule has 19 heavy (non-hydrogen) atoms. The minimum atomic E-state index is 0.344. The van der Waals surface area contributed by atoms with Crippen LogP contribution < -0.4 is 10.5 Å². The van der Waals surface area contributed by atoms with Gasteiger partial charge >= 0.3 is 0 Å². The minimum absolute atomic E-state index is 0.344. The van der Waals surface area contributed by atoms with Gasteiger partial charge in [0.25, 0.3) is 0 Å². The fourth-order valence-electron chi connectivity index (χ4n) is 3.30. The fourth-order valence-corrected chi connectivity index (χ4v) is 3.30. The summed E-state index contributed by atoms with van der Waals surface area (Å²) in [5.41, 5.74) is 7.61. The number of nitrogens with two attached hydrogens (primary N) is 1. The predicted molar refractivity (Wildman–Crippen MR) is 79.3 cm³/mol. The first kappa shape index (κ1) is 14.4. The highest BCUT2D eigenvalue weighted by atomic mass is 16.5. The van der Waals surface area contributed by atoms with Crippen LogP contribution in [-0.2, 0) is 6.54 Å². The van der Waals surface area contributed by atoms with Crippen LogP contribution in [0.1, 0.15) is 31.2 Å². The van der Waals surface area contributed by atoms with Crippen molar-refractivity contribution in [1.29, 1.82) is 0 Å². The molecular weight excluding hydrogens is 236 g/mol. The second-order valence-corrected chi connectivity index (χ2v) is 5.90. The Morgan fingerprint density at radius 2 is 1.95 bits per heavy atom. The topological polar surface area (TPSA) is 38.5 Å². The summed E-state index contributed by atoms with van der Waals surface area (Å²) in [7, 11) is 3.92. The monoisotopic (exact) mass is 262 g/mol. The normalized spacial score (nSPS) is 17.9. The largest absolute Gasteiger partial charge is 0.496 e. The Labute approximate surface area is 116 Å². The van der Waals surface area contributed by atoms with Crippen LogP contribution in [0.4, 0.5) is 0 Å². The van der Waals surface area contributed by atoms with E-state index in [1.165, 1.54) is 31.2 Å². The first-order chi connectivity index (χ1) is 9.19. The van der Waals surface area contributed by atoms with Crippen molar-refractivity contribution < 1.29 is 4.74 Å². The molecule has 1 fully saturated rings. The number of benzene rings is 1. The lowest BCUT2D eigenvalue weighted by Crippen LogP contribution is -2.39. The van der Waals surface area contributed by atoms with Crippen molar-refractivity contribution in [3.8, 4) is 5.75 Å². The second kappa shape index (κ2) is 6.40. The lowest BCUT2D eigenvalue weighted by Gasteiger charge is -2.32. The van der Waals surface area contributed by atoms with Gasteiger partial charge in [0, 0.05) is 18.7 Å². The van der Waals surface area contributed by atoms with Crippen molar-refractivity contribution in [2.45, 2.75) is 32.2 Å². The Hall–Kier alpha value is -1.06. The molecule has 3 heteroatoms. The van der Waals surface area contributed by atoms with E-state index in [1.54, 1.807) is 7.11 Å². The number of nitrogens with zero attached hydrogens (tertiary/aromatic N) is 1. The average molecular weight is 262 g/mol. The Morgan fingerprint density at radius 1 is 1.26 bits per heavy atom. The molecule has 0 spiro atoms. The van der Waals surface area contributed by atoms with Crippen molar-refractivity contribution in [2.75, 3.05) is 27.2 Å². The Balaban J connectivity index is 1.98. The molecule has 0 atom stereocenters. The SMILES string of the molecule is COc1ccccc1CN(C)CC1(CN)CCCC1. The van der Waals surface area contributed by atoms with E-state index in [0.717, 1.165) is 25.4 Å². The van der Waals surface area contributed by atoms with E-state index in [4.69, 9.17) is 10.5 Å². The smallest absolute Gasteiger partial charge is 0.123 e. The maximum Gasteiger partial charge on any atom is 0.123 e. The van der Waals surface area contributed by atoms with E-state index in [9.17, 15) is 0 Å². The summed E-state index contributed by atoms with van der Waals surface area (Å²) in [4.78, 5) is 2.38. The number of ether oxygens (including phenoxy) is 1. The van der Waals surface area contributed by atoms with E-state index in [-0.39, 0.29) is 0 Å². The van der Waals surface area contributed by atoms with E-state index >= 15 is 0 Å². The van der Waals surface area contributed by atoms with Gasteiger partial charge in [0.2, 0.25) is 0 Å². The lowest BCUT2D eigenvalue weighted by molar-refractivity contribution is 0.178. The molecule has 1 saturated carbocycles. The fraction of sp³-hybridized carbons (Fsp3) is 0.625. The molecular formula is C16H26N2O. The van der Waals surface area contributed by atoms with Crippen molar-refractivity contribution in [3.63, 3.8) is 0 Å². The third-order valence-corrected chi connectivity index (χ3v) is 4.34. The first-order valence-electron chi connectivity index (χ1n) is 7.20. The molecule has 106 valence electrons. The second-order valence-electron chi connectivity index (χ2n) is 5.90. The molecule has 0 unspecified atom stereocenters. The maximum atomic E-state index is 6.02. The van der Waals surface area contributed by atoms with Crippen LogP contribution in [0.2, 0.25) is 0 Å². The quantitative estimate of drug-likeness (QED) is 0.856. The van der Waals surface area contributed by atoms with Crippen molar-refractivity contribution >= 4 is 0 Å². The summed E-state index contributed by atoms with van der Waals surface area (Å²) in [6.45, 7) is 2.82. The molecule has 1 aromatic rings. The molecule has 0 aromatic heterocycles. The Morgan fingerprint density at radius 3 is 2.58 bits per heavy atom. The number of rotatable bonds is 6. The van der Waals surface area contributed by atoms with E-state index in [2.05, 4.69) is 24.1 Å². The molecule has 1 aromatic carbocycles. The number of para-hydroxylation sites is 1. The van der Waals surface area contributed by atoms with E-state index < -0.39 is 0 Å². The summed E-state index contributed by atoms with van der Waals surface area (Å²) in [5.74, 6) is 0.975. The summed E-state index contributed by atoms with van der Waals surface area (Å²) >= 11 is 0. The van der Waals surface area contributed by atoms with E-state index in [0.29, 0.717) is 5.41 Å². The highest BCUT2D eigenvalue weighted by Gasteiger charge is 2.33. The van der Waals surface area contributed by atoms with Gasteiger partial charge in [-0.2, -0.15) is 0 Å². The van der Waals surface area contributed by atoms with Crippen LogP contribution >= 0.6 is 0 Å². The standard InChI is InChI=1S/C16H26N2O/c1-18(13-16(12-17)9-5-6-10-16)11-14-7-3-4-8-15(14)19-2/h3-4,7-8H,5-6,9-13,17H2,1-2H3. The predicted octanol–water partition coefficient (Wildman–Crippen LogP) is 2.65. The van der Waals surface area contributed by atoms with Crippen molar-refractivity contribution in [2.24, 2.45) is 11.1 Å². The van der Waals surface area contributed by atoms with Gasteiger partial charge in [-0.05, 0) is 37.9 Å². The molecule has 0 amide bonds. The minimum Gasteiger partial charge on any atom is -0.496 e. The van der Waals surface area contributed by atoms with E-state index in [1.807, 2.05) is 12.1 Å². The van der Waals surface area contributed by atoms with Crippen LogP contribution in [0.3, 0.4) is 0 Å². The van der Waals surface area contributed by atoms with Crippen LogP contribution in [-0.4, -0.2) is 32.1 Å². The van der Waals surface area contributed by atoms with Gasteiger partial charge in [0.1, 0.15) is 5.75 Å². The third-order valence-electron chi connectivity index (χ3n) is 4.34. The van der Waals surface area contributed by atoms with Gasteiger partial charge in [0.15, 0.2) is 0 Å². The molecule has 1 aliphatic rings. The van der Waals surface area contributed by atoms with Gasteiger partial charge in [-0.25, -0.2) is 0 Å². The molecule has 2 rings (SSSR count). The highest BCUT2D eigenvalue weighted by Crippen LogP contribution is 2.38. The number of methoxy groups -OCH3 is 1. The zero-order valence-electron chi connectivity index (χ0n) is 12.2. The molecule has 0 saturated heterocycles. The summed E-state index contributed by atoms with van der Waals surface area (Å²) < 4.78 is 5.42. The maximum absolute atomic E-state index is 6.02. The van der Waals surface area contributed by atoms with Gasteiger partial charge < -0.3 is 15.4 Å². The molecule has 0 aliphatic heterocycles. The molecule has 3 nitrogen and oxygen atoms in total. The van der Waals surface area contributed by atoms with Crippen LogP contribution in [0.15, 0.2) is 24.3 Å². The highest BCUT2D eigenvalue weighted by molar-refractivity contribution is 5.33. The third kappa shape index (κ3) is 3.48. The molecule has 1 aliphatic carbocycles. The first-order valence-corrected chi connectivity index (χ1v) is 7.20.